The van der Waals surface area contributed by atoms with Gasteiger partial charge in [0.05, 0.1) is 0 Å². The first kappa shape index (κ1) is 22.6. The van der Waals surface area contributed by atoms with Gasteiger partial charge >= 0.3 is 29.3 Å². The van der Waals surface area contributed by atoms with Crippen molar-refractivity contribution in [1.29, 1.82) is 0 Å². The standard InChI is InChI=1S/Al.Li.H2O4S.Ti.4H/c;;1-5(2,3)4;;;;;/h;;(H2,1,2,3,4);;;;;. The molecule has 0 aromatic heterocycles. The van der Waals surface area contributed by atoms with E-state index in [0.717, 1.165) is 0 Å². The molecule has 0 aliphatic carbocycles. The minimum atomic E-state index is -4.67. The quantitative estimate of drug-likeness (QED) is 0.322. The zero-order chi connectivity index (χ0) is 4.50. The molecule has 0 saturated carbocycles. The second-order valence-electron chi connectivity index (χ2n) is 0.448. The summed E-state index contributed by atoms with van der Waals surface area (Å²) in [6.45, 7) is 0. The van der Waals surface area contributed by atoms with Crippen molar-refractivity contribution < 1.29 is 39.2 Å². The number of hydrogen-bond acceptors (Lipinski definition) is 2. The molecule has 0 amide bonds. The number of rotatable bonds is 0. The van der Waals surface area contributed by atoms with Crippen LogP contribution in [0.4, 0.5) is 0 Å². The van der Waals surface area contributed by atoms with Crippen molar-refractivity contribution in [2.45, 2.75) is 0 Å². The van der Waals surface area contributed by atoms with E-state index >= 15 is 0 Å². The smallest absolute Gasteiger partial charge is 0 e. The SMILES string of the molecule is O=S(=O)(O)O.[AlH3].[LiH].[Ti]. The maximum absolute atomic E-state index is 8.74. The summed E-state index contributed by atoms with van der Waals surface area (Å²) in [5, 5.41) is 0. The molecule has 0 radical (unpaired) electrons. The van der Waals surface area contributed by atoms with Crippen LogP contribution in [-0.2, 0) is 32.1 Å². The van der Waals surface area contributed by atoms with Gasteiger partial charge < -0.3 is 0 Å². The molecule has 0 fully saturated rings. The monoisotopic (exact) mass is 184 g/mol. The topological polar surface area (TPSA) is 74.6 Å². The van der Waals surface area contributed by atoms with Gasteiger partial charge in [-0.3, -0.25) is 9.11 Å². The van der Waals surface area contributed by atoms with Crippen LogP contribution in [0.25, 0.3) is 0 Å². The average Bonchev–Trinajstić information content (AvgIpc) is 0.722. The van der Waals surface area contributed by atoms with Crippen molar-refractivity contribution in [2.75, 3.05) is 0 Å². The summed E-state index contributed by atoms with van der Waals surface area (Å²) in [4.78, 5) is 0. The summed E-state index contributed by atoms with van der Waals surface area (Å²) in [7, 11) is -4.67. The molecular formula is H6AlLiO4STi. The van der Waals surface area contributed by atoms with Crippen LogP contribution in [0.2, 0.25) is 0 Å². The molecule has 0 rings (SSSR count). The molecule has 0 aromatic rings. The van der Waals surface area contributed by atoms with E-state index in [2.05, 4.69) is 0 Å². The fourth-order valence-corrected chi connectivity index (χ4v) is 0. The maximum Gasteiger partial charge on any atom is 0 e. The Hall–Kier alpha value is 1.71. The summed E-state index contributed by atoms with van der Waals surface area (Å²) in [6.07, 6.45) is 0. The molecule has 0 saturated heterocycles. The Kier molecular flexibility index (Phi) is 24.6. The first-order valence-corrected chi connectivity index (χ1v) is 2.10. The average molecular weight is 184 g/mol. The van der Waals surface area contributed by atoms with E-state index in [9.17, 15) is 0 Å². The third-order valence-electron chi connectivity index (χ3n) is 0. The summed E-state index contributed by atoms with van der Waals surface area (Å²) in [5.41, 5.74) is 0. The van der Waals surface area contributed by atoms with Crippen LogP contribution in [0.3, 0.4) is 0 Å². The molecule has 0 bridgehead atoms. The van der Waals surface area contributed by atoms with Crippen LogP contribution in [0.15, 0.2) is 0 Å². The van der Waals surface area contributed by atoms with E-state index in [-0.39, 0.29) is 57.9 Å². The Labute approximate surface area is 85.2 Å². The molecule has 8 heteroatoms. The van der Waals surface area contributed by atoms with Crippen LogP contribution < -0.4 is 0 Å². The van der Waals surface area contributed by atoms with Gasteiger partial charge in [-0.05, 0) is 0 Å². The molecule has 44 valence electrons. The van der Waals surface area contributed by atoms with Crippen molar-refractivity contribution in [3.63, 3.8) is 0 Å². The van der Waals surface area contributed by atoms with Crippen molar-refractivity contribution in [2.24, 2.45) is 0 Å². The molecular weight excluding hydrogens is 178 g/mol. The van der Waals surface area contributed by atoms with Gasteiger partial charge in [-0.15, -0.1) is 0 Å². The molecule has 0 aliphatic heterocycles. The molecule has 8 heavy (non-hydrogen) atoms. The van der Waals surface area contributed by atoms with Crippen LogP contribution in [0.1, 0.15) is 0 Å². The molecule has 0 spiro atoms. The van der Waals surface area contributed by atoms with Gasteiger partial charge in [0.15, 0.2) is 17.4 Å². The van der Waals surface area contributed by atoms with Crippen LogP contribution in [0, 0.1) is 0 Å². The first-order chi connectivity index (χ1) is 2.00. The summed E-state index contributed by atoms with van der Waals surface area (Å²) in [5.74, 6) is 0. The normalized spacial score (nSPS) is 7.25. The first-order valence-electron chi connectivity index (χ1n) is 0.698. The van der Waals surface area contributed by atoms with Gasteiger partial charge in [-0.2, -0.15) is 8.42 Å². The van der Waals surface area contributed by atoms with Gasteiger partial charge in [0.25, 0.3) is 0 Å². The van der Waals surface area contributed by atoms with E-state index in [1.807, 2.05) is 0 Å². The fourth-order valence-electron chi connectivity index (χ4n) is 0. The Morgan fingerprint density at radius 3 is 1.12 bits per heavy atom. The van der Waals surface area contributed by atoms with Crippen LogP contribution in [-0.4, -0.2) is 53.7 Å². The van der Waals surface area contributed by atoms with Gasteiger partial charge in [0, 0.05) is 21.7 Å². The summed E-state index contributed by atoms with van der Waals surface area (Å²) in [6, 6.07) is 0. The molecule has 2 N–H and O–H groups in total. The van der Waals surface area contributed by atoms with Crippen LogP contribution in [0.5, 0.6) is 0 Å². The zero-order valence-electron chi connectivity index (χ0n) is 2.62. The van der Waals surface area contributed by atoms with Gasteiger partial charge in [0.1, 0.15) is 0 Å². The second kappa shape index (κ2) is 8.71. The third kappa shape index (κ3) is 118. The van der Waals surface area contributed by atoms with Crippen molar-refractivity contribution in [3.8, 4) is 0 Å². The minimum absolute atomic E-state index is 0. The van der Waals surface area contributed by atoms with E-state index in [1.54, 1.807) is 0 Å². The number of hydrogen-bond donors (Lipinski definition) is 2. The minimum Gasteiger partial charge on any atom is 0 e. The summed E-state index contributed by atoms with van der Waals surface area (Å²) >= 11 is 0. The summed E-state index contributed by atoms with van der Waals surface area (Å²) < 4.78 is 31.6. The Morgan fingerprint density at radius 1 is 1.12 bits per heavy atom. The van der Waals surface area contributed by atoms with Crippen molar-refractivity contribution in [3.05, 3.63) is 0 Å². The maximum atomic E-state index is 8.74. The predicted octanol–water partition coefficient (Wildman–Crippen LogP) is -2.49. The largest absolute Gasteiger partial charge is 0 e. The van der Waals surface area contributed by atoms with Gasteiger partial charge in [0.2, 0.25) is 0 Å². The Bertz CT molecular complexity index is 99.2. The molecule has 4 nitrogen and oxygen atoms in total. The fraction of sp³-hybridized carbons (Fsp3) is 0. The van der Waals surface area contributed by atoms with E-state index < -0.39 is 10.4 Å². The van der Waals surface area contributed by atoms with E-state index in [4.69, 9.17) is 17.5 Å². The van der Waals surface area contributed by atoms with Crippen LogP contribution >= 0.6 is 0 Å². The predicted molar refractivity (Wildman–Crippen MR) is 31.3 cm³/mol. The molecule has 0 aromatic carbocycles. The third-order valence-corrected chi connectivity index (χ3v) is 0. The Morgan fingerprint density at radius 2 is 1.12 bits per heavy atom. The van der Waals surface area contributed by atoms with E-state index in [1.165, 1.54) is 0 Å². The van der Waals surface area contributed by atoms with Gasteiger partial charge in [-0.25, -0.2) is 0 Å². The molecule has 0 heterocycles. The Balaban J connectivity index is -0.0000000267. The van der Waals surface area contributed by atoms with Gasteiger partial charge in [-0.1, -0.05) is 0 Å². The zero-order valence-corrected chi connectivity index (χ0v) is 5.00. The van der Waals surface area contributed by atoms with Crippen molar-refractivity contribution >= 4 is 46.6 Å². The molecule has 0 unspecified atom stereocenters. The molecule has 0 atom stereocenters. The van der Waals surface area contributed by atoms with Crippen molar-refractivity contribution in [1.82, 2.24) is 0 Å². The van der Waals surface area contributed by atoms with E-state index in [0.29, 0.717) is 0 Å². The molecule has 0 aliphatic rings. The second-order valence-corrected chi connectivity index (χ2v) is 1.34.